The van der Waals surface area contributed by atoms with Crippen molar-refractivity contribution in [3.63, 3.8) is 0 Å². The summed E-state index contributed by atoms with van der Waals surface area (Å²) in [5, 5.41) is 16.5. The van der Waals surface area contributed by atoms with Crippen molar-refractivity contribution in [2.45, 2.75) is 24.8 Å². The number of aromatic amines is 1. The van der Waals surface area contributed by atoms with Gasteiger partial charge in [-0.1, -0.05) is 5.10 Å². The summed E-state index contributed by atoms with van der Waals surface area (Å²) < 4.78 is 0. The Morgan fingerprint density at radius 3 is 2.85 bits per heavy atom. The van der Waals surface area contributed by atoms with Crippen molar-refractivity contribution < 1.29 is 4.92 Å². The first kappa shape index (κ1) is 8.18. The van der Waals surface area contributed by atoms with Crippen LogP contribution in [-0.4, -0.2) is 15.1 Å². The standard InChI is InChI=1S/C7H10N4O2/c8-7(2-1-3-7)5-4-9-10-6(5)11(12)13/h4H,1-3,8H2,(H,9,10). The maximum absolute atomic E-state index is 10.5. The normalized spacial score (nSPS) is 19.5. The Kier molecular flexibility index (Phi) is 1.59. The molecule has 13 heavy (non-hydrogen) atoms. The Hall–Kier alpha value is -1.43. The average molecular weight is 182 g/mol. The maximum atomic E-state index is 10.5. The molecule has 0 amide bonds. The van der Waals surface area contributed by atoms with Gasteiger partial charge in [0.15, 0.2) is 0 Å². The van der Waals surface area contributed by atoms with Crippen LogP contribution >= 0.6 is 0 Å². The molecule has 0 unspecified atom stereocenters. The quantitative estimate of drug-likeness (QED) is 0.518. The molecule has 0 atom stereocenters. The third kappa shape index (κ3) is 1.10. The highest BCUT2D eigenvalue weighted by molar-refractivity contribution is 5.37. The summed E-state index contributed by atoms with van der Waals surface area (Å²) in [5.41, 5.74) is 5.96. The predicted molar refractivity (Wildman–Crippen MR) is 45.0 cm³/mol. The lowest BCUT2D eigenvalue weighted by molar-refractivity contribution is -0.390. The fourth-order valence-electron chi connectivity index (χ4n) is 1.61. The van der Waals surface area contributed by atoms with E-state index in [1.807, 2.05) is 0 Å². The van der Waals surface area contributed by atoms with Gasteiger partial charge in [0.1, 0.15) is 0 Å². The second-order valence-corrected chi connectivity index (χ2v) is 3.40. The second kappa shape index (κ2) is 2.53. The monoisotopic (exact) mass is 182 g/mol. The molecule has 0 saturated heterocycles. The number of nitrogens with one attached hydrogen (secondary N) is 1. The fraction of sp³-hybridized carbons (Fsp3) is 0.571. The number of H-pyrrole nitrogens is 1. The highest BCUT2D eigenvalue weighted by Crippen LogP contribution is 2.41. The van der Waals surface area contributed by atoms with E-state index in [0.29, 0.717) is 5.56 Å². The molecular weight excluding hydrogens is 172 g/mol. The molecule has 70 valence electrons. The minimum Gasteiger partial charge on any atom is -0.358 e. The van der Waals surface area contributed by atoms with Crippen LogP contribution in [0.5, 0.6) is 0 Å². The van der Waals surface area contributed by atoms with Gasteiger partial charge < -0.3 is 15.8 Å². The van der Waals surface area contributed by atoms with E-state index in [2.05, 4.69) is 10.2 Å². The van der Waals surface area contributed by atoms with Crippen LogP contribution in [0.25, 0.3) is 0 Å². The second-order valence-electron chi connectivity index (χ2n) is 3.40. The van der Waals surface area contributed by atoms with E-state index >= 15 is 0 Å². The largest absolute Gasteiger partial charge is 0.358 e. The van der Waals surface area contributed by atoms with Gasteiger partial charge in [-0.15, -0.1) is 5.10 Å². The molecule has 2 rings (SSSR count). The number of hydrogen-bond acceptors (Lipinski definition) is 4. The van der Waals surface area contributed by atoms with Gasteiger partial charge in [0.2, 0.25) is 0 Å². The van der Waals surface area contributed by atoms with Gasteiger partial charge in [0, 0.05) is 0 Å². The number of rotatable bonds is 2. The van der Waals surface area contributed by atoms with Crippen LogP contribution < -0.4 is 5.73 Å². The maximum Gasteiger partial charge on any atom is 0.347 e. The first-order chi connectivity index (χ1) is 6.13. The predicted octanol–water partition coefficient (Wildman–Crippen LogP) is 0.656. The van der Waals surface area contributed by atoms with Gasteiger partial charge in [0.25, 0.3) is 0 Å². The van der Waals surface area contributed by atoms with Crippen LogP contribution in [-0.2, 0) is 5.54 Å². The number of nitrogens with zero attached hydrogens (tertiary/aromatic N) is 2. The Labute approximate surface area is 74.3 Å². The van der Waals surface area contributed by atoms with Crippen LogP contribution in [0.15, 0.2) is 6.20 Å². The number of hydrogen-bond donors (Lipinski definition) is 2. The van der Waals surface area contributed by atoms with E-state index in [9.17, 15) is 10.1 Å². The van der Waals surface area contributed by atoms with Gasteiger partial charge in [-0.05, 0) is 24.2 Å². The Bertz CT molecular complexity index is 342. The molecule has 1 aromatic rings. The molecular formula is C7H10N4O2. The fourth-order valence-corrected chi connectivity index (χ4v) is 1.61. The first-order valence-corrected chi connectivity index (χ1v) is 4.11. The zero-order chi connectivity index (χ0) is 9.47. The molecule has 0 spiro atoms. The van der Waals surface area contributed by atoms with Crippen LogP contribution in [0, 0.1) is 10.1 Å². The van der Waals surface area contributed by atoms with Crippen LogP contribution in [0.1, 0.15) is 24.8 Å². The smallest absolute Gasteiger partial charge is 0.347 e. The molecule has 1 fully saturated rings. The number of aromatic nitrogens is 2. The summed E-state index contributed by atoms with van der Waals surface area (Å²) in [6, 6.07) is 0. The Morgan fingerprint density at radius 2 is 2.38 bits per heavy atom. The van der Waals surface area contributed by atoms with Gasteiger partial charge in [0.05, 0.1) is 17.3 Å². The summed E-state index contributed by atoms with van der Waals surface area (Å²) in [4.78, 5) is 10.1. The van der Waals surface area contributed by atoms with E-state index in [1.165, 1.54) is 6.20 Å². The molecule has 6 nitrogen and oxygen atoms in total. The van der Waals surface area contributed by atoms with E-state index < -0.39 is 10.5 Å². The van der Waals surface area contributed by atoms with Gasteiger partial charge >= 0.3 is 5.82 Å². The SMILES string of the molecule is NC1(c2cn[nH]c2[N+](=O)[O-])CCC1. The van der Waals surface area contributed by atoms with Crippen molar-refractivity contribution in [3.05, 3.63) is 21.9 Å². The van der Waals surface area contributed by atoms with Gasteiger partial charge in [-0.25, -0.2) is 0 Å². The van der Waals surface area contributed by atoms with Gasteiger partial charge in [-0.2, -0.15) is 0 Å². The summed E-state index contributed by atoms with van der Waals surface area (Å²) in [5.74, 6) is -0.0674. The molecule has 1 aromatic heterocycles. The lowest BCUT2D eigenvalue weighted by atomic mass is 9.73. The third-order valence-electron chi connectivity index (χ3n) is 2.58. The number of nitrogens with two attached hydrogens (primary N) is 1. The van der Waals surface area contributed by atoms with Crippen molar-refractivity contribution in [1.82, 2.24) is 10.2 Å². The lowest BCUT2D eigenvalue weighted by Crippen LogP contribution is -2.43. The molecule has 1 aliphatic carbocycles. The highest BCUT2D eigenvalue weighted by Gasteiger charge is 2.40. The Morgan fingerprint density at radius 1 is 1.69 bits per heavy atom. The summed E-state index contributed by atoms with van der Waals surface area (Å²) in [6.07, 6.45) is 4.08. The van der Waals surface area contributed by atoms with Crippen LogP contribution in [0.4, 0.5) is 5.82 Å². The van der Waals surface area contributed by atoms with E-state index in [4.69, 9.17) is 5.73 Å². The van der Waals surface area contributed by atoms with Crippen molar-refractivity contribution >= 4 is 5.82 Å². The van der Waals surface area contributed by atoms with Crippen molar-refractivity contribution in [1.29, 1.82) is 0 Å². The van der Waals surface area contributed by atoms with Crippen molar-refractivity contribution in [2.24, 2.45) is 5.73 Å². The summed E-state index contributed by atoms with van der Waals surface area (Å²) in [6.45, 7) is 0. The van der Waals surface area contributed by atoms with Crippen LogP contribution in [0.3, 0.4) is 0 Å². The molecule has 0 aromatic carbocycles. The lowest BCUT2D eigenvalue weighted by Gasteiger charge is -2.36. The molecule has 1 saturated carbocycles. The van der Waals surface area contributed by atoms with Crippen molar-refractivity contribution in [3.8, 4) is 0 Å². The van der Waals surface area contributed by atoms with E-state index in [0.717, 1.165) is 19.3 Å². The minimum absolute atomic E-state index is 0.0674. The molecule has 1 heterocycles. The van der Waals surface area contributed by atoms with Crippen molar-refractivity contribution in [2.75, 3.05) is 0 Å². The molecule has 0 aliphatic heterocycles. The molecule has 0 radical (unpaired) electrons. The number of nitro groups is 1. The topological polar surface area (TPSA) is 97.8 Å². The first-order valence-electron chi connectivity index (χ1n) is 4.11. The molecule has 1 aliphatic rings. The summed E-state index contributed by atoms with van der Waals surface area (Å²) in [7, 11) is 0. The average Bonchev–Trinajstić information content (AvgIpc) is 2.47. The molecule has 0 bridgehead atoms. The molecule has 6 heteroatoms. The molecule has 3 N–H and O–H groups in total. The van der Waals surface area contributed by atoms with E-state index in [1.54, 1.807) is 0 Å². The third-order valence-corrected chi connectivity index (χ3v) is 2.58. The van der Waals surface area contributed by atoms with Gasteiger partial charge in [-0.3, -0.25) is 0 Å². The summed E-state index contributed by atoms with van der Waals surface area (Å²) >= 11 is 0. The van der Waals surface area contributed by atoms with Crippen LogP contribution in [0.2, 0.25) is 0 Å². The Balaban J connectivity index is 2.39. The van der Waals surface area contributed by atoms with E-state index in [-0.39, 0.29) is 5.82 Å². The highest BCUT2D eigenvalue weighted by atomic mass is 16.6. The zero-order valence-corrected chi connectivity index (χ0v) is 6.99. The zero-order valence-electron chi connectivity index (χ0n) is 6.99. The minimum atomic E-state index is -0.518.